The summed E-state index contributed by atoms with van der Waals surface area (Å²) in [4.78, 5) is 19.0. The van der Waals surface area contributed by atoms with Gasteiger partial charge in [-0.25, -0.2) is 0 Å². The van der Waals surface area contributed by atoms with Gasteiger partial charge in [-0.15, -0.1) is 11.3 Å². The molecule has 0 unspecified atom stereocenters. The molecule has 2 heterocycles. The van der Waals surface area contributed by atoms with E-state index in [1.807, 2.05) is 29.2 Å². The van der Waals surface area contributed by atoms with E-state index in [0.717, 1.165) is 38.0 Å². The molecule has 0 saturated heterocycles. The smallest absolute Gasteiger partial charge is 0.237 e. The van der Waals surface area contributed by atoms with Crippen molar-refractivity contribution in [3.63, 3.8) is 0 Å². The zero-order valence-electron chi connectivity index (χ0n) is 20.6. The summed E-state index contributed by atoms with van der Waals surface area (Å²) in [5.74, 6) is 1.51. The molecular weight excluding hydrogens is 432 g/mol. The molecule has 1 aliphatic heterocycles. The van der Waals surface area contributed by atoms with Crippen LogP contribution in [0, 0.1) is 12.8 Å². The second-order valence-electron chi connectivity index (χ2n) is 9.64. The zero-order chi connectivity index (χ0) is 23.8. The Bertz CT molecular complexity index is 865. The van der Waals surface area contributed by atoms with Crippen molar-refractivity contribution < 1.29 is 14.6 Å². The highest BCUT2D eigenvalue weighted by molar-refractivity contribution is 7.10. The topological polar surface area (TPSA) is 53.0 Å². The molecule has 2 aromatic rings. The van der Waals surface area contributed by atoms with Crippen molar-refractivity contribution in [3.05, 3.63) is 51.7 Å². The minimum absolute atomic E-state index is 0.0821. The van der Waals surface area contributed by atoms with Crippen molar-refractivity contribution in [1.29, 1.82) is 0 Å². The standard InChI is InChI=1S/C27H40N2O3S/c1-5-6-22(30)17-28(14-11-20(2)3)18-27(31)29-15-12-26-24(13-16-33-26)25(29)19-32-23-9-7-21(4)8-10-23/h7-10,13,16,20,22,25,30H,5-6,11-12,14-15,17-19H2,1-4H3/t22-,25+/m0/s1. The molecule has 1 N–H and O–H groups in total. The van der Waals surface area contributed by atoms with E-state index in [9.17, 15) is 9.90 Å². The number of aryl methyl sites for hydroxylation is 1. The number of aliphatic hydroxyl groups excluding tert-OH is 1. The van der Waals surface area contributed by atoms with Gasteiger partial charge in [0.2, 0.25) is 5.91 Å². The van der Waals surface area contributed by atoms with Crippen molar-refractivity contribution in [2.24, 2.45) is 5.92 Å². The number of amides is 1. The fourth-order valence-electron chi connectivity index (χ4n) is 4.36. The first-order chi connectivity index (χ1) is 15.9. The van der Waals surface area contributed by atoms with Crippen molar-refractivity contribution in [3.8, 4) is 5.75 Å². The monoisotopic (exact) mass is 472 g/mol. The Hall–Kier alpha value is -1.89. The Morgan fingerprint density at radius 1 is 1.24 bits per heavy atom. The largest absolute Gasteiger partial charge is 0.491 e. The summed E-state index contributed by atoms with van der Waals surface area (Å²) in [6, 6.07) is 10.1. The molecule has 0 fully saturated rings. The van der Waals surface area contributed by atoms with Crippen LogP contribution in [0.4, 0.5) is 0 Å². The maximum Gasteiger partial charge on any atom is 0.237 e. The molecule has 1 aromatic heterocycles. The van der Waals surface area contributed by atoms with E-state index in [4.69, 9.17) is 4.74 Å². The molecule has 33 heavy (non-hydrogen) atoms. The van der Waals surface area contributed by atoms with E-state index in [2.05, 4.69) is 44.0 Å². The number of benzene rings is 1. The summed E-state index contributed by atoms with van der Waals surface area (Å²) in [7, 11) is 0. The van der Waals surface area contributed by atoms with Gasteiger partial charge in [-0.2, -0.15) is 0 Å². The number of carbonyl (C=O) groups is 1. The third kappa shape index (κ3) is 7.56. The summed E-state index contributed by atoms with van der Waals surface area (Å²) >= 11 is 1.77. The van der Waals surface area contributed by atoms with Gasteiger partial charge in [0.15, 0.2) is 0 Å². The lowest BCUT2D eigenvalue weighted by Crippen LogP contribution is -2.48. The molecule has 0 aliphatic carbocycles. The number of fused-ring (bicyclic) bond motifs is 1. The van der Waals surface area contributed by atoms with Gasteiger partial charge in [-0.1, -0.05) is 44.9 Å². The van der Waals surface area contributed by atoms with Gasteiger partial charge in [-0.05, 0) is 67.8 Å². The van der Waals surface area contributed by atoms with Crippen LogP contribution in [0.5, 0.6) is 5.75 Å². The lowest BCUT2D eigenvalue weighted by atomic mass is 10.00. The molecule has 0 spiro atoms. The first-order valence-electron chi connectivity index (χ1n) is 12.3. The number of nitrogens with zero attached hydrogens (tertiary/aromatic N) is 2. The van der Waals surface area contributed by atoms with E-state index >= 15 is 0 Å². The van der Waals surface area contributed by atoms with Crippen LogP contribution in [0.1, 0.15) is 62.1 Å². The van der Waals surface area contributed by atoms with Crippen LogP contribution in [0.2, 0.25) is 0 Å². The van der Waals surface area contributed by atoms with Crippen LogP contribution >= 0.6 is 11.3 Å². The van der Waals surface area contributed by atoms with Crippen molar-refractivity contribution >= 4 is 17.2 Å². The summed E-state index contributed by atoms with van der Waals surface area (Å²) < 4.78 is 6.14. The highest BCUT2D eigenvalue weighted by atomic mass is 32.1. The Morgan fingerprint density at radius 3 is 2.70 bits per heavy atom. The maximum absolute atomic E-state index is 13.5. The lowest BCUT2D eigenvalue weighted by molar-refractivity contribution is -0.136. The second kappa shape index (κ2) is 12.5. The molecule has 1 amide bonds. The van der Waals surface area contributed by atoms with Crippen LogP contribution in [-0.4, -0.2) is 59.7 Å². The van der Waals surface area contributed by atoms with Crippen molar-refractivity contribution in [2.45, 2.75) is 65.5 Å². The van der Waals surface area contributed by atoms with Gasteiger partial charge in [0.1, 0.15) is 12.4 Å². The number of hydrogen-bond donors (Lipinski definition) is 1. The molecule has 6 heteroatoms. The highest BCUT2D eigenvalue weighted by Crippen LogP contribution is 2.34. The van der Waals surface area contributed by atoms with Crippen LogP contribution in [0.15, 0.2) is 35.7 Å². The average molecular weight is 473 g/mol. The SMILES string of the molecule is CCC[C@H](O)CN(CCC(C)C)CC(=O)N1CCc2sccc2[C@H]1COc1ccc(C)cc1. The Kier molecular flexibility index (Phi) is 9.78. The number of thiophene rings is 1. The first kappa shape index (κ1) is 25.7. The normalized spacial score (nSPS) is 16.8. The number of aliphatic hydroxyl groups is 1. The predicted molar refractivity (Wildman–Crippen MR) is 136 cm³/mol. The van der Waals surface area contributed by atoms with E-state index < -0.39 is 0 Å². The van der Waals surface area contributed by atoms with Crippen LogP contribution in [-0.2, 0) is 11.2 Å². The van der Waals surface area contributed by atoms with Gasteiger partial charge in [-0.3, -0.25) is 9.69 Å². The molecule has 5 nitrogen and oxygen atoms in total. The van der Waals surface area contributed by atoms with Crippen LogP contribution < -0.4 is 4.74 Å². The summed E-state index contributed by atoms with van der Waals surface area (Å²) in [6.45, 7) is 11.4. The summed E-state index contributed by atoms with van der Waals surface area (Å²) in [5, 5.41) is 12.5. The Labute approximate surface area is 203 Å². The van der Waals surface area contributed by atoms with Gasteiger partial charge in [0, 0.05) is 18.0 Å². The third-order valence-corrected chi connectivity index (χ3v) is 7.31. The van der Waals surface area contributed by atoms with E-state index in [0.29, 0.717) is 32.2 Å². The minimum Gasteiger partial charge on any atom is -0.491 e. The molecular formula is C27H40N2O3S. The molecule has 1 aliphatic rings. The van der Waals surface area contributed by atoms with E-state index in [1.165, 1.54) is 16.0 Å². The zero-order valence-corrected chi connectivity index (χ0v) is 21.4. The first-order valence-corrected chi connectivity index (χ1v) is 13.2. The third-order valence-electron chi connectivity index (χ3n) is 6.32. The van der Waals surface area contributed by atoms with Gasteiger partial charge in [0.25, 0.3) is 0 Å². The fourth-order valence-corrected chi connectivity index (χ4v) is 5.29. The Morgan fingerprint density at radius 2 is 2.00 bits per heavy atom. The maximum atomic E-state index is 13.5. The average Bonchev–Trinajstić information content (AvgIpc) is 3.26. The van der Waals surface area contributed by atoms with Crippen LogP contribution in [0.25, 0.3) is 0 Å². The summed E-state index contributed by atoms with van der Waals surface area (Å²) in [5.41, 5.74) is 2.41. The second-order valence-corrected chi connectivity index (χ2v) is 10.6. The molecule has 3 rings (SSSR count). The van der Waals surface area contributed by atoms with Crippen molar-refractivity contribution in [2.75, 3.05) is 32.8 Å². The lowest BCUT2D eigenvalue weighted by Gasteiger charge is -2.37. The molecule has 1 aromatic carbocycles. The fraction of sp³-hybridized carbons (Fsp3) is 0.593. The number of carbonyl (C=O) groups excluding carboxylic acids is 1. The Balaban J connectivity index is 1.71. The molecule has 0 radical (unpaired) electrons. The number of ether oxygens (including phenoxy) is 1. The van der Waals surface area contributed by atoms with Crippen molar-refractivity contribution in [1.82, 2.24) is 9.80 Å². The summed E-state index contributed by atoms with van der Waals surface area (Å²) in [6.07, 6.45) is 3.23. The molecule has 0 saturated carbocycles. The van der Waals surface area contributed by atoms with Crippen LogP contribution in [0.3, 0.4) is 0 Å². The van der Waals surface area contributed by atoms with Gasteiger partial charge < -0.3 is 14.7 Å². The molecule has 0 bridgehead atoms. The minimum atomic E-state index is -0.388. The predicted octanol–water partition coefficient (Wildman–Crippen LogP) is 5.07. The van der Waals surface area contributed by atoms with Gasteiger partial charge in [0.05, 0.1) is 18.7 Å². The quantitative estimate of drug-likeness (QED) is 0.469. The molecule has 182 valence electrons. The number of hydrogen-bond acceptors (Lipinski definition) is 5. The highest BCUT2D eigenvalue weighted by Gasteiger charge is 2.33. The number of rotatable bonds is 12. The van der Waals surface area contributed by atoms with E-state index in [1.54, 1.807) is 11.3 Å². The molecule has 2 atom stereocenters. The van der Waals surface area contributed by atoms with E-state index in [-0.39, 0.29) is 18.1 Å². The van der Waals surface area contributed by atoms with Gasteiger partial charge >= 0.3 is 0 Å².